The highest BCUT2D eigenvalue weighted by Gasteiger charge is 2.35. The summed E-state index contributed by atoms with van der Waals surface area (Å²) in [4.78, 5) is 27.3. The van der Waals surface area contributed by atoms with Crippen LogP contribution in [0.5, 0.6) is 5.75 Å². The maximum absolute atomic E-state index is 14.1. The van der Waals surface area contributed by atoms with Crippen molar-refractivity contribution in [1.29, 1.82) is 0 Å². The summed E-state index contributed by atoms with van der Waals surface area (Å²) >= 11 is 0. The number of sulfonamides is 1. The van der Waals surface area contributed by atoms with Crippen LogP contribution in [0.3, 0.4) is 0 Å². The summed E-state index contributed by atoms with van der Waals surface area (Å²) < 4.78 is 53.0. The molecule has 0 spiro atoms. The molecule has 0 bridgehead atoms. The number of ether oxygens (including phenoxy) is 2. The molecular formula is C26H42FN3O6S2. The minimum Gasteiger partial charge on any atom is -0.490 e. The van der Waals surface area contributed by atoms with Crippen LogP contribution in [0.2, 0.25) is 0 Å². The van der Waals surface area contributed by atoms with E-state index in [9.17, 15) is 22.4 Å². The summed E-state index contributed by atoms with van der Waals surface area (Å²) in [5.74, 6) is 0.733. The number of carbonyl (C=O) groups is 2. The van der Waals surface area contributed by atoms with Crippen LogP contribution in [0.1, 0.15) is 50.6 Å². The largest absolute Gasteiger partial charge is 0.490 e. The predicted octanol–water partition coefficient (Wildman–Crippen LogP) is 3.70. The van der Waals surface area contributed by atoms with Crippen LogP contribution in [0, 0.1) is 11.7 Å². The molecule has 9 nitrogen and oxygen atoms in total. The minimum atomic E-state index is -3.56. The molecule has 12 heteroatoms. The molecule has 1 aromatic rings. The van der Waals surface area contributed by atoms with Crippen LogP contribution in [0.15, 0.2) is 18.2 Å². The maximum Gasteiger partial charge on any atom is 0.329 e. The lowest BCUT2D eigenvalue weighted by atomic mass is 10.1. The molecule has 3 amide bonds. The van der Waals surface area contributed by atoms with Gasteiger partial charge in [0, 0.05) is 18.3 Å². The molecule has 1 N–H and O–H groups in total. The van der Waals surface area contributed by atoms with Gasteiger partial charge in [-0.15, -0.1) is 0 Å². The van der Waals surface area contributed by atoms with Crippen molar-refractivity contribution in [2.75, 3.05) is 63.3 Å². The molecule has 0 unspecified atom stereocenters. The molecule has 2 aliphatic rings. The molecule has 1 atom stereocenters. The van der Waals surface area contributed by atoms with Crippen LogP contribution < -0.4 is 9.46 Å². The molecule has 216 valence electrons. The first kappa shape index (κ1) is 30.6. The van der Waals surface area contributed by atoms with Gasteiger partial charge in [0.2, 0.25) is 10.0 Å². The van der Waals surface area contributed by atoms with Gasteiger partial charge in [-0.1, -0.05) is 12.5 Å². The fraction of sp³-hybridized carbons (Fsp3) is 0.692. The first-order chi connectivity index (χ1) is 17.8. The lowest BCUT2D eigenvalue weighted by molar-refractivity contribution is -0.128. The molecule has 0 radical (unpaired) electrons. The Morgan fingerprint density at radius 1 is 1.11 bits per heavy atom. The van der Waals surface area contributed by atoms with Gasteiger partial charge in [-0.05, 0) is 75.0 Å². The van der Waals surface area contributed by atoms with E-state index in [1.54, 1.807) is 19.1 Å². The van der Waals surface area contributed by atoms with E-state index in [0.717, 1.165) is 23.5 Å². The first-order valence-electron chi connectivity index (χ1n) is 13.1. The number of rotatable bonds is 17. The highest BCUT2D eigenvalue weighted by Crippen LogP contribution is 2.33. The van der Waals surface area contributed by atoms with Crippen LogP contribution in [-0.2, 0) is 19.6 Å². The molecule has 2 fully saturated rings. The number of carbonyl (C=O) groups excluding carboxylic acids is 2. The van der Waals surface area contributed by atoms with Gasteiger partial charge in [0.15, 0.2) is 11.6 Å². The average molecular weight is 576 g/mol. The van der Waals surface area contributed by atoms with Crippen molar-refractivity contribution in [3.8, 4) is 5.75 Å². The highest BCUT2D eigenvalue weighted by atomic mass is 32.3. The van der Waals surface area contributed by atoms with Crippen molar-refractivity contribution in [2.24, 2.45) is 5.92 Å². The zero-order valence-corrected chi connectivity index (χ0v) is 24.5. The van der Waals surface area contributed by atoms with Crippen molar-refractivity contribution >= 4 is 32.0 Å². The predicted molar refractivity (Wildman–Crippen MR) is 149 cm³/mol. The Morgan fingerprint density at radius 3 is 2.53 bits per heavy atom. The van der Waals surface area contributed by atoms with E-state index in [0.29, 0.717) is 50.5 Å². The fourth-order valence-corrected chi connectivity index (χ4v) is 5.91. The topological polar surface area (TPSA) is 105 Å². The van der Waals surface area contributed by atoms with E-state index in [4.69, 9.17) is 9.47 Å². The number of nitrogens with one attached hydrogen (secondary N) is 1. The number of hydrogen-bond acceptors (Lipinski definition) is 6. The average Bonchev–Trinajstić information content (AvgIpc) is 3.61. The second-order valence-electron chi connectivity index (χ2n) is 11.0. The fourth-order valence-electron chi connectivity index (χ4n) is 3.92. The molecule has 0 aromatic heterocycles. The van der Waals surface area contributed by atoms with Gasteiger partial charge in [-0.25, -0.2) is 37.3 Å². The molecule has 1 saturated heterocycles. The molecule has 1 saturated carbocycles. The summed E-state index contributed by atoms with van der Waals surface area (Å²) in [7, 11) is -4.26. The van der Waals surface area contributed by atoms with Crippen molar-refractivity contribution in [3.05, 3.63) is 29.6 Å². The Balaban J connectivity index is 1.35. The van der Waals surface area contributed by atoms with Gasteiger partial charge in [0.1, 0.15) is 13.3 Å². The monoisotopic (exact) mass is 575 g/mol. The van der Waals surface area contributed by atoms with Crippen LogP contribution in [0.25, 0.3) is 0 Å². The molecule has 1 aliphatic heterocycles. The minimum absolute atomic E-state index is 0.0219. The van der Waals surface area contributed by atoms with E-state index in [-0.39, 0.29) is 36.7 Å². The van der Waals surface area contributed by atoms with E-state index >= 15 is 0 Å². The Kier molecular flexibility index (Phi) is 10.8. The van der Waals surface area contributed by atoms with Crippen molar-refractivity contribution < 1.29 is 31.9 Å². The number of hydrogen-bond donors (Lipinski definition) is 1. The van der Waals surface area contributed by atoms with Crippen LogP contribution in [0.4, 0.5) is 9.18 Å². The van der Waals surface area contributed by atoms with Crippen molar-refractivity contribution in [2.45, 2.75) is 45.1 Å². The lowest BCUT2D eigenvalue weighted by Gasteiger charge is -2.25. The van der Waals surface area contributed by atoms with Crippen LogP contribution >= 0.6 is 10.0 Å². The second kappa shape index (κ2) is 13.5. The second-order valence-corrected chi connectivity index (χ2v) is 17.5. The SMILES string of the molecule is C[C@@H](NS(=O)(=O)CCCCCN1CC(=O)N(COCCS(C)(C)C)C1=O)c1ccc(F)c(OCC2CC2)c1. The molecule has 3 rings (SSSR count). The molecular weight excluding hydrogens is 533 g/mol. The summed E-state index contributed by atoms with van der Waals surface area (Å²) in [5, 5.41) is 0. The Hall–Kier alpha value is -1.89. The third kappa shape index (κ3) is 10.0. The van der Waals surface area contributed by atoms with Gasteiger partial charge in [0.05, 0.1) is 19.0 Å². The van der Waals surface area contributed by atoms with Gasteiger partial charge < -0.3 is 14.4 Å². The van der Waals surface area contributed by atoms with E-state index < -0.39 is 31.9 Å². The van der Waals surface area contributed by atoms with Gasteiger partial charge in [-0.2, -0.15) is 0 Å². The van der Waals surface area contributed by atoms with Gasteiger partial charge >= 0.3 is 6.03 Å². The molecule has 1 aromatic carbocycles. The number of halogens is 1. The zero-order valence-electron chi connectivity index (χ0n) is 22.9. The number of nitrogens with zero attached hydrogens (tertiary/aromatic N) is 2. The van der Waals surface area contributed by atoms with E-state index in [1.807, 2.05) is 0 Å². The third-order valence-corrected chi connectivity index (χ3v) is 9.44. The highest BCUT2D eigenvalue weighted by molar-refractivity contribution is 8.32. The van der Waals surface area contributed by atoms with Gasteiger partial charge in [0.25, 0.3) is 5.91 Å². The van der Waals surface area contributed by atoms with Crippen molar-refractivity contribution in [1.82, 2.24) is 14.5 Å². The number of imide groups is 1. The molecule has 38 heavy (non-hydrogen) atoms. The quantitative estimate of drug-likeness (QED) is 0.224. The smallest absolute Gasteiger partial charge is 0.329 e. The molecule has 1 aliphatic carbocycles. The van der Waals surface area contributed by atoms with E-state index in [1.165, 1.54) is 11.0 Å². The van der Waals surface area contributed by atoms with E-state index in [2.05, 4.69) is 23.5 Å². The first-order valence-corrected chi connectivity index (χ1v) is 17.8. The zero-order chi connectivity index (χ0) is 27.9. The lowest BCUT2D eigenvalue weighted by Crippen LogP contribution is -2.35. The van der Waals surface area contributed by atoms with Crippen molar-refractivity contribution in [3.63, 3.8) is 0 Å². The number of urea groups is 1. The number of amides is 3. The third-order valence-electron chi connectivity index (χ3n) is 6.51. The normalized spacial score (nSPS) is 17.8. The summed E-state index contributed by atoms with van der Waals surface area (Å²) in [6.07, 6.45) is 10.3. The maximum atomic E-state index is 14.1. The number of benzene rings is 1. The molecule has 1 heterocycles. The summed E-state index contributed by atoms with van der Waals surface area (Å²) in [6.45, 7) is 3.07. The van der Waals surface area contributed by atoms with Crippen LogP contribution in [-0.4, -0.2) is 93.5 Å². The summed E-state index contributed by atoms with van der Waals surface area (Å²) in [6, 6.07) is 3.52. The Morgan fingerprint density at radius 2 is 1.84 bits per heavy atom. The Bertz CT molecular complexity index is 1080. The Labute approximate surface area is 227 Å². The standard InChI is InChI=1S/C26H42FN3O6S2/c1-20(22-10-11-23(27)24(16-22)36-18-21-8-9-21)28-38(33,34)14-7-5-6-12-29-17-25(31)30(26(29)32)19-35-13-15-37(2,3)4/h10-11,16,20-21,28H,5-9,12-15,17-19H2,1-4H3/t20-/m1/s1. The summed E-state index contributed by atoms with van der Waals surface area (Å²) in [5.41, 5.74) is 0.631. The van der Waals surface area contributed by atoms with Gasteiger partial charge in [-0.3, -0.25) is 4.79 Å². The number of unbranched alkanes of at least 4 members (excludes halogenated alkanes) is 2.